The number of ether oxygens (including phenoxy) is 2. The summed E-state index contributed by atoms with van der Waals surface area (Å²) < 4.78 is 10.1. The zero-order chi connectivity index (χ0) is 12.5. The molecule has 0 heterocycles. The molecule has 17 heavy (non-hydrogen) atoms. The second-order valence-electron chi connectivity index (χ2n) is 3.66. The Hall–Kier alpha value is -1.55. The van der Waals surface area contributed by atoms with Crippen molar-refractivity contribution in [1.82, 2.24) is 0 Å². The van der Waals surface area contributed by atoms with Crippen molar-refractivity contribution in [1.29, 1.82) is 0 Å². The van der Waals surface area contributed by atoms with E-state index in [1.54, 1.807) is 0 Å². The molecule has 0 unspecified atom stereocenters. The molecule has 0 aliphatic rings. The lowest BCUT2D eigenvalue weighted by molar-refractivity contribution is -0.145. The van der Waals surface area contributed by atoms with E-state index in [1.807, 2.05) is 31.2 Å². The van der Waals surface area contributed by atoms with E-state index in [4.69, 9.17) is 15.2 Å². The highest BCUT2D eigenvalue weighted by molar-refractivity contribution is 5.69. The molecule has 0 saturated carbocycles. The van der Waals surface area contributed by atoms with Crippen LogP contribution in [-0.4, -0.2) is 25.8 Å². The summed E-state index contributed by atoms with van der Waals surface area (Å²) in [4.78, 5) is 11.4. The molecule has 2 N–H and O–H groups in total. The number of rotatable bonds is 7. The van der Waals surface area contributed by atoms with Gasteiger partial charge >= 0.3 is 5.97 Å². The van der Waals surface area contributed by atoms with E-state index in [-0.39, 0.29) is 5.97 Å². The van der Waals surface area contributed by atoms with Crippen LogP contribution in [-0.2, 0) is 20.7 Å². The summed E-state index contributed by atoms with van der Waals surface area (Å²) in [6.07, 6.45) is 1.02. The van der Waals surface area contributed by atoms with Crippen LogP contribution in [0.25, 0.3) is 0 Å². The van der Waals surface area contributed by atoms with Crippen molar-refractivity contribution in [3.63, 3.8) is 0 Å². The van der Waals surface area contributed by atoms with E-state index in [1.165, 1.54) is 0 Å². The van der Waals surface area contributed by atoms with Crippen LogP contribution in [0, 0.1) is 0 Å². The van der Waals surface area contributed by atoms with Crippen LogP contribution in [0.4, 0.5) is 5.69 Å². The van der Waals surface area contributed by atoms with Crippen molar-refractivity contribution in [2.45, 2.75) is 19.8 Å². The number of nitrogen functional groups attached to an aromatic ring is 1. The fourth-order valence-electron chi connectivity index (χ4n) is 1.43. The van der Waals surface area contributed by atoms with Crippen LogP contribution in [0.3, 0.4) is 0 Å². The smallest absolute Gasteiger partial charge is 0.306 e. The number of hydrogen-bond acceptors (Lipinski definition) is 4. The third-order valence-corrected chi connectivity index (χ3v) is 2.26. The molecule has 0 atom stereocenters. The Balaban J connectivity index is 2.19. The van der Waals surface area contributed by atoms with E-state index in [0.717, 1.165) is 5.56 Å². The molecule has 4 heteroatoms. The number of anilines is 1. The molecule has 0 amide bonds. The van der Waals surface area contributed by atoms with Gasteiger partial charge in [0.25, 0.3) is 0 Å². The van der Waals surface area contributed by atoms with Gasteiger partial charge in [0.2, 0.25) is 0 Å². The summed E-state index contributed by atoms with van der Waals surface area (Å²) in [6, 6.07) is 7.52. The van der Waals surface area contributed by atoms with E-state index in [2.05, 4.69) is 0 Å². The Morgan fingerprint density at radius 2 is 2.18 bits per heavy atom. The Morgan fingerprint density at radius 1 is 1.35 bits per heavy atom. The lowest BCUT2D eigenvalue weighted by Gasteiger charge is -2.05. The summed E-state index contributed by atoms with van der Waals surface area (Å²) in [5, 5.41) is 0. The third kappa shape index (κ3) is 5.92. The van der Waals surface area contributed by atoms with E-state index in [9.17, 15) is 4.79 Å². The van der Waals surface area contributed by atoms with Crippen molar-refractivity contribution in [2.75, 3.05) is 25.6 Å². The monoisotopic (exact) mass is 237 g/mol. The summed E-state index contributed by atoms with van der Waals surface area (Å²) in [7, 11) is 0. The number of nitrogens with two attached hydrogens (primary N) is 1. The van der Waals surface area contributed by atoms with Gasteiger partial charge in [-0.2, -0.15) is 0 Å². The molecule has 0 aliphatic carbocycles. The molecule has 0 aromatic heterocycles. The minimum absolute atomic E-state index is 0.202. The summed E-state index contributed by atoms with van der Waals surface area (Å²) >= 11 is 0. The molecule has 0 aliphatic heterocycles. The Bertz CT molecular complexity index is 352. The second kappa shape index (κ2) is 7.68. The fraction of sp³-hybridized carbons (Fsp3) is 0.462. The van der Waals surface area contributed by atoms with E-state index < -0.39 is 0 Å². The summed E-state index contributed by atoms with van der Waals surface area (Å²) in [5.74, 6) is -0.202. The highest BCUT2D eigenvalue weighted by atomic mass is 16.6. The van der Waals surface area contributed by atoms with Crippen LogP contribution in [0.5, 0.6) is 0 Å². The van der Waals surface area contributed by atoms with Gasteiger partial charge in [-0.05, 0) is 31.0 Å². The first-order valence-corrected chi connectivity index (χ1v) is 5.80. The van der Waals surface area contributed by atoms with Crippen LogP contribution in [0.15, 0.2) is 24.3 Å². The highest BCUT2D eigenvalue weighted by Gasteiger charge is 2.03. The molecular formula is C13H19NO3. The van der Waals surface area contributed by atoms with Gasteiger partial charge in [-0.15, -0.1) is 0 Å². The van der Waals surface area contributed by atoms with Crippen LogP contribution in [0.1, 0.15) is 18.9 Å². The highest BCUT2D eigenvalue weighted by Crippen LogP contribution is 2.08. The maximum absolute atomic E-state index is 11.4. The topological polar surface area (TPSA) is 61.5 Å². The molecule has 1 aromatic rings. The van der Waals surface area contributed by atoms with Gasteiger partial charge in [-0.3, -0.25) is 4.79 Å². The van der Waals surface area contributed by atoms with Crippen molar-refractivity contribution < 1.29 is 14.3 Å². The average Bonchev–Trinajstić information content (AvgIpc) is 2.32. The van der Waals surface area contributed by atoms with Gasteiger partial charge in [-0.25, -0.2) is 0 Å². The minimum Gasteiger partial charge on any atom is -0.463 e. The number of carbonyl (C=O) groups excluding carboxylic acids is 1. The third-order valence-electron chi connectivity index (χ3n) is 2.26. The van der Waals surface area contributed by atoms with Gasteiger partial charge < -0.3 is 15.2 Å². The quantitative estimate of drug-likeness (QED) is 0.446. The predicted octanol–water partition coefficient (Wildman–Crippen LogP) is 1.78. The molecular weight excluding hydrogens is 218 g/mol. The number of hydrogen-bond donors (Lipinski definition) is 1. The standard InChI is InChI=1S/C13H19NO3/c1-2-16-8-9-17-13(15)7-6-11-4-3-5-12(14)10-11/h3-5,10H,2,6-9,14H2,1H3. The summed E-state index contributed by atoms with van der Waals surface area (Å²) in [6.45, 7) is 3.33. The molecule has 0 saturated heterocycles. The fourth-order valence-corrected chi connectivity index (χ4v) is 1.43. The lowest BCUT2D eigenvalue weighted by Crippen LogP contribution is -2.11. The molecule has 94 valence electrons. The largest absolute Gasteiger partial charge is 0.463 e. The molecule has 1 aromatic carbocycles. The van der Waals surface area contributed by atoms with Crippen LogP contribution in [0.2, 0.25) is 0 Å². The van der Waals surface area contributed by atoms with Gasteiger partial charge in [0.1, 0.15) is 6.61 Å². The first-order valence-electron chi connectivity index (χ1n) is 5.80. The summed E-state index contributed by atoms with van der Waals surface area (Å²) in [5.41, 5.74) is 7.41. The lowest BCUT2D eigenvalue weighted by atomic mass is 10.1. The Kier molecular flexibility index (Phi) is 6.10. The van der Waals surface area contributed by atoms with Crippen LogP contribution < -0.4 is 5.73 Å². The first kappa shape index (κ1) is 13.5. The number of carbonyl (C=O) groups is 1. The molecule has 4 nitrogen and oxygen atoms in total. The Labute approximate surface area is 102 Å². The number of aryl methyl sites for hydroxylation is 1. The first-order chi connectivity index (χ1) is 8.22. The van der Waals surface area contributed by atoms with Gasteiger partial charge in [0.15, 0.2) is 0 Å². The minimum atomic E-state index is -0.202. The van der Waals surface area contributed by atoms with Crippen molar-refractivity contribution in [3.8, 4) is 0 Å². The maximum Gasteiger partial charge on any atom is 0.306 e. The van der Waals surface area contributed by atoms with Gasteiger partial charge in [0.05, 0.1) is 6.61 Å². The number of esters is 1. The zero-order valence-corrected chi connectivity index (χ0v) is 10.1. The molecule has 1 rings (SSSR count). The van der Waals surface area contributed by atoms with Crippen molar-refractivity contribution >= 4 is 11.7 Å². The molecule has 0 bridgehead atoms. The second-order valence-corrected chi connectivity index (χ2v) is 3.66. The SMILES string of the molecule is CCOCCOC(=O)CCc1cccc(N)c1. The van der Waals surface area contributed by atoms with E-state index in [0.29, 0.717) is 38.3 Å². The van der Waals surface area contributed by atoms with Gasteiger partial charge in [-0.1, -0.05) is 12.1 Å². The van der Waals surface area contributed by atoms with Gasteiger partial charge in [0, 0.05) is 18.7 Å². The Morgan fingerprint density at radius 3 is 2.88 bits per heavy atom. The van der Waals surface area contributed by atoms with Crippen LogP contribution >= 0.6 is 0 Å². The average molecular weight is 237 g/mol. The molecule has 0 spiro atoms. The van der Waals surface area contributed by atoms with Crippen molar-refractivity contribution in [2.24, 2.45) is 0 Å². The van der Waals surface area contributed by atoms with Crippen molar-refractivity contribution in [3.05, 3.63) is 29.8 Å². The zero-order valence-electron chi connectivity index (χ0n) is 10.1. The predicted molar refractivity (Wildman–Crippen MR) is 66.6 cm³/mol. The maximum atomic E-state index is 11.4. The normalized spacial score (nSPS) is 10.2. The van der Waals surface area contributed by atoms with E-state index >= 15 is 0 Å². The number of benzene rings is 1. The molecule has 0 radical (unpaired) electrons. The molecule has 0 fully saturated rings.